The fourth-order valence-corrected chi connectivity index (χ4v) is 5.20. The van der Waals surface area contributed by atoms with Crippen molar-refractivity contribution < 1.29 is 5.11 Å². The predicted octanol–water partition coefficient (Wildman–Crippen LogP) is 4.96. The molecule has 0 unspecified atom stereocenters. The minimum atomic E-state index is -0.0110. The zero-order valence-electron chi connectivity index (χ0n) is 15.8. The van der Waals surface area contributed by atoms with Crippen molar-refractivity contribution in [3.05, 3.63) is 41.9 Å². The van der Waals surface area contributed by atoms with Crippen LogP contribution in [0, 0.1) is 6.92 Å². The van der Waals surface area contributed by atoms with Crippen LogP contribution in [0.1, 0.15) is 43.4 Å². The molecule has 0 radical (unpaired) electrons. The first-order valence-electron chi connectivity index (χ1n) is 9.51. The molecule has 3 aromatic rings. The Hall–Kier alpha value is -2.03. The first kappa shape index (κ1) is 19.3. The summed E-state index contributed by atoms with van der Waals surface area (Å²) in [7, 11) is 0. The van der Waals surface area contributed by atoms with E-state index < -0.39 is 0 Å². The molecule has 1 aliphatic carbocycles. The van der Waals surface area contributed by atoms with E-state index in [9.17, 15) is 0 Å². The fourth-order valence-electron chi connectivity index (χ4n) is 3.20. The minimum absolute atomic E-state index is 0.0110. The molecular weight excluding hydrogens is 390 g/mol. The van der Waals surface area contributed by atoms with Gasteiger partial charge in [-0.1, -0.05) is 48.4 Å². The van der Waals surface area contributed by atoms with Gasteiger partial charge in [0.2, 0.25) is 0 Å². The Morgan fingerprint density at radius 3 is 2.75 bits per heavy atom. The first-order chi connectivity index (χ1) is 13.7. The molecule has 0 aliphatic heterocycles. The van der Waals surface area contributed by atoms with Crippen molar-refractivity contribution in [3.8, 4) is 10.6 Å². The number of thioether (sulfide) groups is 1. The number of anilines is 2. The van der Waals surface area contributed by atoms with Crippen molar-refractivity contribution in [3.63, 3.8) is 0 Å². The van der Waals surface area contributed by atoms with Gasteiger partial charge in [0, 0.05) is 23.3 Å². The number of nitrogens with one attached hydrogen (secondary N) is 1. The first-order valence-corrected chi connectivity index (χ1v) is 11.2. The lowest BCUT2D eigenvalue weighted by Gasteiger charge is -2.20. The lowest BCUT2D eigenvalue weighted by atomic mass is 10.0. The highest BCUT2D eigenvalue weighted by Crippen LogP contribution is 2.34. The quantitative estimate of drug-likeness (QED) is 0.552. The van der Waals surface area contributed by atoms with Crippen molar-refractivity contribution >= 4 is 34.0 Å². The van der Waals surface area contributed by atoms with Crippen LogP contribution in [0.5, 0.6) is 0 Å². The SMILES string of the molecule is Cc1cc(-c2cnc(Nc3ccc(CO)cn3)s2)nc(SC2CCCCC2)n1. The maximum Gasteiger partial charge on any atom is 0.188 e. The molecule has 8 heteroatoms. The Labute approximate surface area is 172 Å². The molecule has 3 heterocycles. The van der Waals surface area contributed by atoms with Gasteiger partial charge in [0.15, 0.2) is 10.3 Å². The highest BCUT2D eigenvalue weighted by atomic mass is 32.2. The summed E-state index contributed by atoms with van der Waals surface area (Å²) >= 11 is 3.36. The fraction of sp³-hybridized carbons (Fsp3) is 0.400. The zero-order valence-corrected chi connectivity index (χ0v) is 17.4. The largest absolute Gasteiger partial charge is 0.392 e. The molecule has 2 N–H and O–H groups in total. The molecule has 0 saturated heterocycles. The summed E-state index contributed by atoms with van der Waals surface area (Å²) in [6.45, 7) is 2.01. The lowest BCUT2D eigenvalue weighted by molar-refractivity contribution is 0.281. The number of pyridine rings is 1. The summed E-state index contributed by atoms with van der Waals surface area (Å²) in [4.78, 5) is 19.2. The highest BCUT2D eigenvalue weighted by molar-refractivity contribution is 7.99. The molecule has 1 fully saturated rings. The second kappa shape index (κ2) is 8.98. The monoisotopic (exact) mass is 413 g/mol. The molecule has 3 aromatic heterocycles. The normalized spacial score (nSPS) is 14.9. The van der Waals surface area contributed by atoms with Gasteiger partial charge in [0.05, 0.1) is 17.2 Å². The number of thiazole rings is 1. The molecule has 0 spiro atoms. The summed E-state index contributed by atoms with van der Waals surface area (Å²) in [5.41, 5.74) is 2.68. The minimum Gasteiger partial charge on any atom is -0.392 e. The zero-order chi connectivity index (χ0) is 19.3. The van der Waals surface area contributed by atoms with Crippen LogP contribution in [0.4, 0.5) is 10.9 Å². The van der Waals surface area contributed by atoms with Gasteiger partial charge in [-0.25, -0.2) is 19.9 Å². The van der Waals surface area contributed by atoms with Crippen molar-refractivity contribution in [1.29, 1.82) is 0 Å². The Bertz CT molecular complexity index is 923. The Balaban J connectivity index is 1.49. The summed E-state index contributed by atoms with van der Waals surface area (Å²) in [6, 6.07) is 5.68. The third-order valence-electron chi connectivity index (χ3n) is 4.66. The second-order valence-electron chi connectivity index (χ2n) is 6.92. The van der Waals surface area contributed by atoms with Crippen LogP contribution in [-0.2, 0) is 6.61 Å². The van der Waals surface area contributed by atoms with Crippen LogP contribution in [0.25, 0.3) is 10.6 Å². The van der Waals surface area contributed by atoms with Gasteiger partial charge in [-0.15, -0.1) is 0 Å². The van der Waals surface area contributed by atoms with Crippen LogP contribution < -0.4 is 5.32 Å². The van der Waals surface area contributed by atoms with Gasteiger partial charge in [-0.05, 0) is 37.5 Å². The van der Waals surface area contributed by atoms with Crippen LogP contribution >= 0.6 is 23.1 Å². The maximum atomic E-state index is 9.11. The standard InChI is InChI=1S/C20H23N5OS2/c1-13-9-16(24-20(23-13)27-15-5-3-2-4-6-15)17-11-22-19(28-17)25-18-8-7-14(12-26)10-21-18/h7-11,15,26H,2-6,12H2,1H3,(H,21,22,25). The van der Waals surface area contributed by atoms with Gasteiger partial charge in [-0.3, -0.25) is 0 Å². The molecule has 1 saturated carbocycles. The predicted molar refractivity (Wildman–Crippen MR) is 114 cm³/mol. The molecule has 146 valence electrons. The molecule has 0 amide bonds. The van der Waals surface area contributed by atoms with Gasteiger partial charge >= 0.3 is 0 Å². The molecular formula is C20H23N5OS2. The van der Waals surface area contributed by atoms with Crippen molar-refractivity contribution in [1.82, 2.24) is 19.9 Å². The molecule has 4 rings (SSSR count). The van der Waals surface area contributed by atoms with E-state index in [1.165, 1.54) is 32.1 Å². The summed E-state index contributed by atoms with van der Waals surface area (Å²) in [6.07, 6.45) is 9.99. The van der Waals surface area contributed by atoms with Crippen LogP contribution in [0.15, 0.2) is 35.7 Å². The van der Waals surface area contributed by atoms with E-state index in [1.54, 1.807) is 17.5 Å². The molecule has 0 bridgehead atoms. The van der Waals surface area contributed by atoms with E-state index in [0.29, 0.717) is 11.1 Å². The molecule has 28 heavy (non-hydrogen) atoms. The Morgan fingerprint density at radius 1 is 1.14 bits per heavy atom. The average Bonchev–Trinajstić information content (AvgIpc) is 3.17. The molecule has 0 aromatic carbocycles. The third-order valence-corrected chi connectivity index (χ3v) is 6.79. The number of hydrogen-bond acceptors (Lipinski definition) is 8. The summed E-state index contributed by atoms with van der Waals surface area (Å²) in [5, 5.41) is 14.6. The number of nitrogens with zero attached hydrogens (tertiary/aromatic N) is 4. The van der Waals surface area contributed by atoms with Crippen LogP contribution in [0.2, 0.25) is 0 Å². The van der Waals surface area contributed by atoms with E-state index in [4.69, 9.17) is 10.1 Å². The number of aliphatic hydroxyl groups is 1. The molecule has 1 aliphatic rings. The second-order valence-corrected chi connectivity index (χ2v) is 9.22. The summed E-state index contributed by atoms with van der Waals surface area (Å²) in [5.74, 6) is 0.700. The van der Waals surface area contributed by atoms with Crippen LogP contribution in [0.3, 0.4) is 0 Å². The maximum absolute atomic E-state index is 9.11. The van der Waals surface area contributed by atoms with E-state index in [2.05, 4.69) is 20.3 Å². The van der Waals surface area contributed by atoms with E-state index >= 15 is 0 Å². The van der Waals surface area contributed by atoms with Crippen LogP contribution in [-0.4, -0.2) is 30.3 Å². The lowest BCUT2D eigenvalue weighted by Crippen LogP contribution is -2.09. The number of aryl methyl sites for hydroxylation is 1. The third kappa shape index (κ3) is 4.87. The highest BCUT2D eigenvalue weighted by Gasteiger charge is 2.17. The van der Waals surface area contributed by atoms with Crippen molar-refractivity contribution in [2.45, 2.75) is 56.0 Å². The van der Waals surface area contributed by atoms with Crippen molar-refractivity contribution in [2.24, 2.45) is 0 Å². The number of aliphatic hydroxyl groups excluding tert-OH is 1. The van der Waals surface area contributed by atoms with Gasteiger partial charge in [0.25, 0.3) is 0 Å². The average molecular weight is 414 g/mol. The van der Waals surface area contributed by atoms with E-state index in [-0.39, 0.29) is 6.61 Å². The van der Waals surface area contributed by atoms with E-state index in [1.807, 2.05) is 43.1 Å². The summed E-state index contributed by atoms with van der Waals surface area (Å²) < 4.78 is 0. The Morgan fingerprint density at radius 2 is 2.00 bits per heavy atom. The molecule has 6 nitrogen and oxygen atoms in total. The topological polar surface area (TPSA) is 83.8 Å². The number of aromatic nitrogens is 4. The van der Waals surface area contributed by atoms with Gasteiger partial charge in [-0.2, -0.15) is 0 Å². The number of hydrogen-bond donors (Lipinski definition) is 2. The van der Waals surface area contributed by atoms with E-state index in [0.717, 1.165) is 32.1 Å². The Kier molecular flexibility index (Phi) is 6.19. The van der Waals surface area contributed by atoms with Gasteiger partial charge < -0.3 is 10.4 Å². The molecule has 0 atom stereocenters. The smallest absolute Gasteiger partial charge is 0.188 e. The number of rotatable bonds is 6. The van der Waals surface area contributed by atoms with Gasteiger partial charge in [0.1, 0.15) is 5.82 Å². The van der Waals surface area contributed by atoms with Crippen molar-refractivity contribution in [2.75, 3.05) is 5.32 Å².